The van der Waals surface area contributed by atoms with Gasteiger partial charge in [0, 0.05) is 5.69 Å². The molecular weight excluding hydrogens is 336 g/mol. The van der Waals surface area contributed by atoms with Crippen LogP contribution < -0.4 is 10.6 Å². The minimum Gasteiger partial charge on any atom is -0.478 e. The van der Waals surface area contributed by atoms with Crippen LogP contribution in [0.1, 0.15) is 15.9 Å². The molecule has 0 fully saturated rings. The number of anilines is 1. The quantitative estimate of drug-likeness (QED) is 0.740. The molecule has 0 unspecified atom stereocenters. The highest BCUT2D eigenvalue weighted by Crippen LogP contribution is 2.20. The molecule has 2 rings (SSSR count). The normalized spacial score (nSPS) is 9.96. The number of nitrogens with one attached hydrogen (secondary N) is 2. The van der Waals surface area contributed by atoms with E-state index in [0.717, 1.165) is 5.56 Å². The van der Waals surface area contributed by atoms with Gasteiger partial charge in [-0.15, -0.1) is 0 Å². The van der Waals surface area contributed by atoms with Crippen LogP contribution >= 0.6 is 23.8 Å². The van der Waals surface area contributed by atoms with E-state index in [4.69, 9.17) is 28.9 Å². The minimum atomic E-state index is -1.14. The SMILES string of the molecule is O=C(Cc1ccccc1)NC(=S)Nc1ccc(Cl)c(C(=O)O)c1. The number of rotatable bonds is 4. The first-order valence-corrected chi connectivity index (χ1v) is 7.42. The minimum absolute atomic E-state index is 0.0462. The maximum Gasteiger partial charge on any atom is 0.337 e. The van der Waals surface area contributed by atoms with Crippen molar-refractivity contribution in [1.82, 2.24) is 5.32 Å². The lowest BCUT2D eigenvalue weighted by atomic mass is 10.1. The number of benzene rings is 2. The number of thiocarbonyl (C=S) groups is 1. The van der Waals surface area contributed by atoms with Gasteiger partial charge in [-0.2, -0.15) is 0 Å². The van der Waals surface area contributed by atoms with E-state index >= 15 is 0 Å². The summed E-state index contributed by atoms with van der Waals surface area (Å²) < 4.78 is 0. The zero-order valence-corrected chi connectivity index (χ0v) is 13.4. The molecule has 3 N–H and O–H groups in total. The number of carbonyl (C=O) groups excluding carboxylic acids is 1. The molecule has 5 nitrogen and oxygen atoms in total. The Kier molecular flexibility index (Phi) is 5.67. The van der Waals surface area contributed by atoms with Gasteiger partial charge in [0.1, 0.15) is 0 Å². The van der Waals surface area contributed by atoms with E-state index in [-0.39, 0.29) is 28.0 Å². The number of aromatic carboxylic acids is 1. The second-order valence-electron chi connectivity index (χ2n) is 4.66. The van der Waals surface area contributed by atoms with Gasteiger partial charge in [0.05, 0.1) is 17.0 Å². The summed E-state index contributed by atoms with van der Waals surface area (Å²) in [6.07, 6.45) is 0.198. The molecule has 0 radical (unpaired) electrons. The number of halogens is 1. The Morgan fingerprint density at radius 2 is 1.83 bits per heavy atom. The van der Waals surface area contributed by atoms with Crippen LogP contribution in [0.25, 0.3) is 0 Å². The van der Waals surface area contributed by atoms with Crippen molar-refractivity contribution in [2.24, 2.45) is 0 Å². The van der Waals surface area contributed by atoms with Gasteiger partial charge >= 0.3 is 5.97 Å². The Morgan fingerprint density at radius 3 is 2.48 bits per heavy atom. The average Bonchev–Trinajstić information content (AvgIpc) is 2.49. The molecule has 7 heteroatoms. The number of amides is 1. The molecule has 2 aromatic carbocycles. The Labute approximate surface area is 143 Å². The fourth-order valence-corrected chi connectivity index (χ4v) is 2.31. The lowest BCUT2D eigenvalue weighted by molar-refractivity contribution is -0.119. The molecule has 0 spiro atoms. The fraction of sp³-hybridized carbons (Fsp3) is 0.0625. The first-order valence-electron chi connectivity index (χ1n) is 6.63. The standard InChI is InChI=1S/C16H13ClN2O3S/c17-13-7-6-11(9-12(13)15(21)22)18-16(23)19-14(20)8-10-4-2-1-3-5-10/h1-7,9H,8H2,(H,21,22)(H2,18,19,20,23). The Hall–Kier alpha value is -2.44. The molecular formula is C16H13ClN2O3S. The largest absolute Gasteiger partial charge is 0.478 e. The highest BCUT2D eigenvalue weighted by atomic mass is 35.5. The maximum atomic E-state index is 11.9. The second-order valence-corrected chi connectivity index (χ2v) is 5.48. The number of carboxylic acid groups (broad SMARTS) is 1. The Bertz CT molecular complexity index is 750. The van der Waals surface area contributed by atoms with Crippen LogP contribution in [-0.4, -0.2) is 22.1 Å². The summed E-state index contributed by atoms with van der Waals surface area (Å²) in [7, 11) is 0. The predicted octanol–water partition coefficient (Wildman–Crippen LogP) is 3.09. The van der Waals surface area contributed by atoms with Crippen LogP contribution in [0.15, 0.2) is 48.5 Å². The average molecular weight is 349 g/mol. The van der Waals surface area contributed by atoms with Crippen molar-refractivity contribution in [3.63, 3.8) is 0 Å². The van der Waals surface area contributed by atoms with Crippen molar-refractivity contribution < 1.29 is 14.7 Å². The monoisotopic (exact) mass is 348 g/mol. The van der Waals surface area contributed by atoms with Crippen molar-refractivity contribution in [3.05, 3.63) is 64.7 Å². The number of carbonyl (C=O) groups is 2. The van der Waals surface area contributed by atoms with Gasteiger partial charge in [-0.05, 0) is 36.0 Å². The molecule has 23 heavy (non-hydrogen) atoms. The zero-order chi connectivity index (χ0) is 16.8. The lowest BCUT2D eigenvalue weighted by Crippen LogP contribution is -2.35. The molecule has 0 atom stereocenters. The molecule has 1 amide bonds. The molecule has 0 aliphatic carbocycles. The van der Waals surface area contributed by atoms with E-state index in [0.29, 0.717) is 5.69 Å². The third-order valence-electron chi connectivity index (χ3n) is 2.92. The number of hydrogen-bond donors (Lipinski definition) is 3. The van der Waals surface area contributed by atoms with Crippen molar-refractivity contribution in [2.75, 3.05) is 5.32 Å². The highest BCUT2D eigenvalue weighted by molar-refractivity contribution is 7.80. The maximum absolute atomic E-state index is 11.9. The van der Waals surface area contributed by atoms with E-state index in [2.05, 4.69) is 10.6 Å². The molecule has 0 saturated carbocycles. The molecule has 0 aliphatic heterocycles. The second kappa shape index (κ2) is 7.71. The number of hydrogen-bond acceptors (Lipinski definition) is 3. The van der Waals surface area contributed by atoms with E-state index in [9.17, 15) is 9.59 Å². The van der Waals surface area contributed by atoms with Gasteiger partial charge in [0.25, 0.3) is 0 Å². The summed E-state index contributed by atoms with van der Waals surface area (Å²) in [6, 6.07) is 13.6. The highest BCUT2D eigenvalue weighted by Gasteiger charge is 2.11. The summed E-state index contributed by atoms with van der Waals surface area (Å²) in [5.74, 6) is -1.40. The first kappa shape index (κ1) is 16.9. The number of carboxylic acids is 1. The van der Waals surface area contributed by atoms with Crippen molar-refractivity contribution in [2.45, 2.75) is 6.42 Å². The van der Waals surface area contributed by atoms with Gasteiger partial charge in [0.2, 0.25) is 5.91 Å². The molecule has 2 aromatic rings. The topological polar surface area (TPSA) is 78.4 Å². The van der Waals surface area contributed by atoms with Crippen molar-refractivity contribution in [3.8, 4) is 0 Å². The van der Waals surface area contributed by atoms with E-state index in [1.54, 1.807) is 6.07 Å². The molecule has 0 saturated heterocycles. The molecule has 0 bridgehead atoms. The fourth-order valence-electron chi connectivity index (χ4n) is 1.88. The molecule has 0 aromatic heterocycles. The van der Waals surface area contributed by atoms with Crippen molar-refractivity contribution >= 4 is 46.5 Å². The van der Waals surface area contributed by atoms with Crippen LogP contribution in [0.5, 0.6) is 0 Å². The molecule has 0 aliphatic rings. The molecule has 0 heterocycles. The summed E-state index contributed by atoms with van der Waals surface area (Å²) in [4.78, 5) is 22.9. The van der Waals surface area contributed by atoms with E-state index in [1.165, 1.54) is 12.1 Å². The van der Waals surface area contributed by atoms with Crippen molar-refractivity contribution in [1.29, 1.82) is 0 Å². The third-order valence-corrected chi connectivity index (χ3v) is 3.45. The summed E-state index contributed by atoms with van der Waals surface area (Å²) in [5.41, 5.74) is 1.25. The predicted molar refractivity (Wildman–Crippen MR) is 92.9 cm³/mol. The summed E-state index contributed by atoms with van der Waals surface area (Å²) in [5, 5.41) is 14.5. The van der Waals surface area contributed by atoms with Crippen LogP contribution in [0, 0.1) is 0 Å². The van der Waals surface area contributed by atoms with E-state index < -0.39 is 5.97 Å². The van der Waals surface area contributed by atoms with Crippen LogP contribution in [0.4, 0.5) is 5.69 Å². The van der Waals surface area contributed by atoms with Gasteiger partial charge in [-0.1, -0.05) is 41.9 Å². The van der Waals surface area contributed by atoms with Crippen LogP contribution in [-0.2, 0) is 11.2 Å². The van der Waals surface area contributed by atoms with Gasteiger partial charge < -0.3 is 15.7 Å². The zero-order valence-electron chi connectivity index (χ0n) is 11.9. The Morgan fingerprint density at radius 1 is 1.13 bits per heavy atom. The van der Waals surface area contributed by atoms with Gasteiger partial charge in [-0.25, -0.2) is 4.79 Å². The molecule has 118 valence electrons. The third kappa shape index (κ3) is 5.05. The van der Waals surface area contributed by atoms with E-state index in [1.807, 2.05) is 30.3 Å². The van der Waals surface area contributed by atoms with Crippen LogP contribution in [0.2, 0.25) is 5.02 Å². The lowest BCUT2D eigenvalue weighted by Gasteiger charge is -2.10. The summed E-state index contributed by atoms with van der Waals surface area (Å²) in [6.45, 7) is 0. The van der Waals surface area contributed by atoms with Gasteiger partial charge in [-0.3, -0.25) is 4.79 Å². The smallest absolute Gasteiger partial charge is 0.337 e. The van der Waals surface area contributed by atoms with Crippen LogP contribution in [0.3, 0.4) is 0 Å². The summed E-state index contributed by atoms with van der Waals surface area (Å²) >= 11 is 10.8. The van der Waals surface area contributed by atoms with Gasteiger partial charge in [0.15, 0.2) is 5.11 Å². The first-order chi connectivity index (χ1) is 11.0. The Balaban J connectivity index is 1.96.